The molecule has 34 heavy (non-hydrogen) atoms. The molecule has 178 valence electrons. The molecule has 2 aromatic carbocycles. The van der Waals surface area contributed by atoms with Crippen molar-refractivity contribution in [2.75, 3.05) is 19.0 Å². The van der Waals surface area contributed by atoms with Crippen molar-refractivity contribution in [1.82, 2.24) is 0 Å². The lowest BCUT2D eigenvalue weighted by molar-refractivity contribution is -0.148. The van der Waals surface area contributed by atoms with Gasteiger partial charge in [-0.1, -0.05) is 30.4 Å². The molecule has 0 radical (unpaired) electrons. The molecule has 0 spiro atoms. The van der Waals surface area contributed by atoms with Crippen molar-refractivity contribution in [3.05, 3.63) is 59.7 Å². The van der Waals surface area contributed by atoms with Crippen LogP contribution in [0.5, 0.6) is 11.5 Å². The van der Waals surface area contributed by atoms with E-state index in [1.165, 1.54) is 18.1 Å². The van der Waals surface area contributed by atoms with E-state index in [0.717, 1.165) is 53.1 Å². The second kappa shape index (κ2) is 8.23. The van der Waals surface area contributed by atoms with Crippen molar-refractivity contribution in [1.29, 1.82) is 0 Å². The zero-order valence-corrected chi connectivity index (χ0v) is 20.7. The number of allylic oxidation sites excluding steroid dienone is 3. The largest absolute Gasteiger partial charge is 0.496 e. The number of rotatable bonds is 4. The lowest BCUT2D eigenvalue weighted by atomic mass is 9.67. The van der Waals surface area contributed by atoms with E-state index in [0.29, 0.717) is 6.61 Å². The Morgan fingerprint density at radius 2 is 2.00 bits per heavy atom. The highest BCUT2D eigenvalue weighted by Gasteiger charge is 2.48. The monoisotopic (exact) mass is 459 g/mol. The van der Waals surface area contributed by atoms with Gasteiger partial charge in [0, 0.05) is 29.2 Å². The van der Waals surface area contributed by atoms with E-state index in [-0.39, 0.29) is 23.0 Å². The fourth-order valence-corrected chi connectivity index (χ4v) is 5.90. The van der Waals surface area contributed by atoms with Crippen LogP contribution in [0.3, 0.4) is 0 Å². The van der Waals surface area contributed by atoms with Crippen LogP contribution in [-0.4, -0.2) is 25.2 Å². The third-order valence-corrected chi connectivity index (χ3v) is 7.28. The van der Waals surface area contributed by atoms with Crippen LogP contribution in [0.1, 0.15) is 64.2 Å². The molecule has 0 amide bonds. The summed E-state index contributed by atoms with van der Waals surface area (Å²) in [6.45, 7) is 8.33. The molecule has 5 rings (SSSR count). The SMILES string of the molecule is COc1cccc2c1-c1ccc3c(c1[C@H](C1(COC(C)=O)CC=CCC1)O2)C(C)=CC(C)(C)N3. The quantitative estimate of drug-likeness (QED) is 0.408. The fourth-order valence-electron chi connectivity index (χ4n) is 5.90. The number of benzene rings is 2. The summed E-state index contributed by atoms with van der Waals surface area (Å²) < 4.78 is 18.3. The summed E-state index contributed by atoms with van der Waals surface area (Å²) in [5, 5.41) is 3.69. The van der Waals surface area contributed by atoms with Crippen LogP contribution in [0.25, 0.3) is 16.7 Å². The number of anilines is 1. The highest BCUT2D eigenvalue weighted by molar-refractivity contribution is 5.91. The van der Waals surface area contributed by atoms with Gasteiger partial charge in [0.05, 0.1) is 18.2 Å². The molecule has 1 unspecified atom stereocenters. The lowest BCUT2D eigenvalue weighted by Gasteiger charge is -2.46. The van der Waals surface area contributed by atoms with Crippen molar-refractivity contribution in [2.24, 2.45) is 5.41 Å². The molecule has 0 bridgehead atoms. The third-order valence-electron chi connectivity index (χ3n) is 7.28. The zero-order chi connectivity index (χ0) is 24.1. The minimum Gasteiger partial charge on any atom is -0.496 e. The minimum atomic E-state index is -0.363. The van der Waals surface area contributed by atoms with Crippen molar-refractivity contribution in [3.63, 3.8) is 0 Å². The van der Waals surface area contributed by atoms with Gasteiger partial charge in [-0.2, -0.15) is 0 Å². The number of nitrogens with one attached hydrogen (secondary N) is 1. The highest BCUT2D eigenvalue weighted by Crippen LogP contribution is 2.58. The molecule has 2 atom stereocenters. The Morgan fingerprint density at radius 3 is 2.71 bits per heavy atom. The predicted molar refractivity (Wildman–Crippen MR) is 135 cm³/mol. The van der Waals surface area contributed by atoms with Gasteiger partial charge in [0.2, 0.25) is 0 Å². The van der Waals surface area contributed by atoms with Crippen molar-refractivity contribution < 1.29 is 19.0 Å². The number of hydrogen-bond acceptors (Lipinski definition) is 5. The Kier molecular flexibility index (Phi) is 5.46. The summed E-state index contributed by atoms with van der Waals surface area (Å²) >= 11 is 0. The minimum absolute atomic E-state index is 0.144. The van der Waals surface area contributed by atoms with Crippen LogP contribution < -0.4 is 14.8 Å². The van der Waals surface area contributed by atoms with Gasteiger partial charge < -0.3 is 19.5 Å². The summed E-state index contributed by atoms with van der Waals surface area (Å²) in [7, 11) is 1.70. The van der Waals surface area contributed by atoms with E-state index in [1.54, 1.807) is 7.11 Å². The Hall–Kier alpha value is -3.21. The van der Waals surface area contributed by atoms with Gasteiger partial charge in [0.25, 0.3) is 0 Å². The molecule has 5 nitrogen and oxygen atoms in total. The van der Waals surface area contributed by atoms with E-state index >= 15 is 0 Å². The molecule has 1 N–H and O–H groups in total. The Bertz CT molecular complexity index is 1210. The van der Waals surface area contributed by atoms with Crippen LogP contribution in [0.4, 0.5) is 5.69 Å². The van der Waals surface area contributed by atoms with Gasteiger partial charge in [0.15, 0.2) is 0 Å². The summed E-state index contributed by atoms with van der Waals surface area (Å²) in [5.74, 6) is 1.33. The molecule has 3 aliphatic rings. The van der Waals surface area contributed by atoms with Crippen LogP contribution in [0.15, 0.2) is 48.6 Å². The topological polar surface area (TPSA) is 56.8 Å². The molecule has 0 fully saturated rings. The van der Waals surface area contributed by atoms with E-state index < -0.39 is 0 Å². The second-order valence-corrected chi connectivity index (χ2v) is 10.3. The number of ether oxygens (including phenoxy) is 3. The molecule has 5 heteroatoms. The van der Waals surface area contributed by atoms with Gasteiger partial charge in [-0.05, 0) is 69.4 Å². The first kappa shape index (κ1) is 22.6. The molecule has 0 saturated carbocycles. The Balaban J connectivity index is 1.78. The first-order chi connectivity index (χ1) is 16.2. The van der Waals surface area contributed by atoms with Crippen molar-refractivity contribution in [2.45, 2.75) is 58.6 Å². The third kappa shape index (κ3) is 3.67. The average Bonchev–Trinajstić information content (AvgIpc) is 2.81. The highest BCUT2D eigenvalue weighted by atomic mass is 16.5. The Morgan fingerprint density at radius 1 is 1.18 bits per heavy atom. The van der Waals surface area contributed by atoms with E-state index in [4.69, 9.17) is 14.2 Å². The number of carbonyl (C=O) groups is 1. The number of esters is 1. The molecule has 2 heterocycles. The fraction of sp³-hybridized carbons (Fsp3) is 0.414. The van der Waals surface area contributed by atoms with Crippen molar-refractivity contribution in [3.8, 4) is 22.6 Å². The standard InChI is InChI=1S/C29H33NO4/c1-18-16-28(3,4)30-21-13-12-20-25-22(32-5)10-9-11-23(25)34-27(26(20)24(18)21)29(17-33-19(2)31)14-7-6-8-15-29/h6-7,9-13,16,27,30H,8,14-15,17H2,1-5H3/t27-,29?/m1/s1. The molecular formula is C29H33NO4. The van der Waals surface area contributed by atoms with Gasteiger partial charge in [-0.3, -0.25) is 4.79 Å². The van der Waals surface area contributed by atoms with Gasteiger partial charge in [-0.15, -0.1) is 0 Å². The predicted octanol–water partition coefficient (Wildman–Crippen LogP) is 6.69. The number of fused-ring (bicyclic) bond motifs is 5. The maximum atomic E-state index is 11.9. The van der Waals surface area contributed by atoms with Crippen LogP contribution in [0.2, 0.25) is 0 Å². The number of hydrogen-bond donors (Lipinski definition) is 1. The van der Waals surface area contributed by atoms with Gasteiger partial charge in [0.1, 0.15) is 24.2 Å². The van der Waals surface area contributed by atoms with Gasteiger partial charge in [-0.25, -0.2) is 0 Å². The summed E-state index contributed by atoms with van der Waals surface area (Å²) in [6.07, 6.45) is 9.02. The summed E-state index contributed by atoms with van der Waals surface area (Å²) in [5.41, 5.74) is 6.23. The van der Waals surface area contributed by atoms with E-state index in [1.807, 2.05) is 18.2 Å². The number of methoxy groups -OCH3 is 1. The second-order valence-electron chi connectivity index (χ2n) is 10.3. The number of carbonyl (C=O) groups excluding carboxylic acids is 1. The Labute approximate surface area is 201 Å². The molecule has 0 aromatic heterocycles. The first-order valence-corrected chi connectivity index (χ1v) is 12.0. The zero-order valence-electron chi connectivity index (χ0n) is 20.7. The summed E-state index contributed by atoms with van der Waals surface area (Å²) in [4.78, 5) is 11.9. The van der Waals surface area contributed by atoms with E-state index in [2.05, 4.69) is 56.4 Å². The van der Waals surface area contributed by atoms with Crippen LogP contribution in [-0.2, 0) is 9.53 Å². The van der Waals surface area contributed by atoms with Gasteiger partial charge >= 0.3 is 5.97 Å². The molecule has 2 aromatic rings. The van der Waals surface area contributed by atoms with Crippen LogP contribution in [0, 0.1) is 5.41 Å². The van der Waals surface area contributed by atoms with Crippen LogP contribution >= 0.6 is 0 Å². The molecule has 0 saturated heterocycles. The normalized spacial score (nSPS) is 23.9. The molecule has 2 aliphatic heterocycles. The maximum Gasteiger partial charge on any atom is 0.302 e. The summed E-state index contributed by atoms with van der Waals surface area (Å²) in [6, 6.07) is 10.3. The smallest absolute Gasteiger partial charge is 0.302 e. The van der Waals surface area contributed by atoms with Crippen molar-refractivity contribution >= 4 is 17.2 Å². The first-order valence-electron chi connectivity index (χ1n) is 12.0. The molecule has 1 aliphatic carbocycles. The average molecular weight is 460 g/mol. The molecular weight excluding hydrogens is 426 g/mol. The van der Waals surface area contributed by atoms with E-state index in [9.17, 15) is 4.79 Å². The lowest BCUT2D eigenvalue weighted by Crippen LogP contribution is -2.41. The maximum absolute atomic E-state index is 11.9.